The lowest BCUT2D eigenvalue weighted by molar-refractivity contribution is -0.128. The van der Waals surface area contributed by atoms with Crippen molar-refractivity contribution in [1.82, 2.24) is 0 Å². The van der Waals surface area contributed by atoms with E-state index in [1.54, 1.807) is 0 Å². The van der Waals surface area contributed by atoms with Crippen molar-refractivity contribution in [3.05, 3.63) is 90.9 Å². The molecule has 0 spiro atoms. The summed E-state index contributed by atoms with van der Waals surface area (Å²) < 4.78 is 53.5. The molecule has 0 bridgehead atoms. The molecule has 2 atom stereocenters. The minimum Gasteiger partial charge on any atom is -0.326 e. The van der Waals surface area contributed by atoms with Gasteiger partial charge in [-0.15, -0.1) is 23.2 Å². The summed E-state index contributed by atoms with van der Waals surface area (Å²) >= 11 is 37.1. The molecule has 42 heavy (non-hydrogen) atoms. The SMILES string of the molecule is CN(C(=O)C(F)F)c1c(F)ccc(CC(=O)c2cc(NC(=O)[C@H]3[C@H](c4cc(Cl)c(Cl)c(Cl)c4)C3(Cl)Cl)ccc2Cl)c1F. The zero-order chi connectivity index (χ0) is 31.3. The molecule has 2 amide bonds. The summed E-state index contributed by atoms with van der Waals surface area (Å²) in [7, 11) is 0.779. The summed E-state index contributed by atoms with van der Waals surface area (Å²) in [4.78, 5) is 37.9. The third-order valence-electron chi connectivity index (χ3n) is 6.59. The summed E-state index contributed by atoms with van der Waals surface area (Å²) in [6.45, 7) is 0. The second-order valence-corrected chi connectivity index (χ2v) is 12.3. The zero-order valence-corrected chi connectivity index (χ0v) is 25.5. The Labute approximate surface area is 266 Å². The molecule has 0 radical (unpaired) electrons. The van der Waals surface area contributed by atoms with Crippen molar-refractivity contribution in [3.8, 4) is 0 Å². The minimum atomic E-state index is -3.51. The lowest BCUT2D eigenvalue weighted by atomic mass is 10.0. The highest BCUT2D eigenvalue weighted by atomic mass is 35.5. The molecule has 3 aromatic rings. The van der Waals surface area contributed by atoms with Crippen LogP contribution in [0.4, 0.5) is 28.9 Å². The molecule has 4 rings (SSSR count). The molecule has 0 aromatic heterocycles. The van der Waals surface area contributed by atoms with E-state index >= 15 is 4.39 Å². The van der Waals surface area contributed by atoms with Crippen LogP contribution >= 0.6 is 69.6 Å². The van der Waals surface area contributed by atoms with Crippen molar-refractivity contribution in [3.63, 3.8) is 0 Å². The Hall–Kier alpha value is -2.27. The molecule has 0 heterocycles. The number of halogens is 10. The van der Waals surface area contributed by atoms with Crippen LogP contribution in [0.3, 0.4) is 0 Å². The summed E-state index contributed by atoms with van der Waals surface area (Å²) in [5.41, 5.74) is -0.953. The summed E-state index contributed by atoms with van der Waals surface area (Å²) in [6, 6.07) is 8.61. The van der Waals surface area contributed by atoms with E-state index in [1.807, 2.05) is 0 Å². The average Bonchev–Trinajstić information content (AvgIpc) is 3.50. The van der Waals surface area contributed by atoms with Crippen LogP contribution in [0.5, 0.6) is 0 Å². The van der Waals surface area contributed by atoms with E-state index in [4.69, 9.17) is 69.6 Å². The number of Topliss-reactive ketones (excluding diaryl/α,β-unsaturated/α-hetero) is 1. The van der Waals surface area contributed by atoms with Crippen LogP contribution in [-0.2, 0) is 16.0 Å². The van der Waals surface area contributed by atoms with Crippen molar-refractivity contribution < 1.29 is 31.9 Å². The standard InChI is InChI=1S/C27H16Cl6F4N2O3/c1-39(26(42)24(36)37)23-17(34)5-2-10(22(23)35)8-18(40)13-9-12(3-4-14(13)28)38-25(41)20-19(27(20,32)33)11-6-15(29)21(31)16(30)7-11/h2-7,9,19-20,24H,8H2,1H3,(H,38,41)/t19-,20+/m0/s1. The van der Waals surface area contributed by atoms with Gasteiger partial charge in [0.15, 0.2) is 11.6 Å². The summed E-state index contributed by atoms with van der Waals surface area (Å²) in [6.07, 6.45) is -4.19. The Morgan fingerprint density at radius 3 is 2.17 bits per heavy atom. The highest BCUT2D eigenvalue weighted by molar-refractivity contribution is 6.54. The molecule has 1 aliphatic rings. The first-order valence-corrected chi connectivity index (χ1v) is 14.0. The minimum absolute atomic E-state index is 0.0514. The van der Waals surface area contributed by atoms with Gasteiger partial charge >= 0.3 is 6.43 Å². The number of carbonyl (C=O) groups excluding carboxylic acids is 3. The third-order valence-corrected chi connectivity index (χ3v) is 9.05. The number of hydrogen-bond donors (Lipinski definition) is 1. The van der Waals surface area contributed by atoms with E-state index in [9.17, 15) is 27.6 Å². The molecule has 1 saturated carbocycles. The molecule has 1 aliphatic carbocycles. The number of rotatable bonds is 8. The van der Waals surface area contributed by atoms with Crippen molar-refractivity contribution >= 4 is 98.6 Å². The molecule has 15 heteroatoms. The molecule has 0 aliphatic heterocycles. The quantitative estimate of drug-likeness (QED) is 0.110. The molecular weight excluding hydrogens is 689 g/mol. The van der Waals surface area contributed by atoms with Crippen LogP contribution in [0.15, 0.2) is 42.5 Å². The Bertz CT molecular complexity index is 1600. The average molecular weight is 705 g/mol. The van der Waals surface area contributed by atoms with Gasteiger partial charge < -0.3 is 10.2 Å². The Balaban J connectivity index is 1.54. The second-order valence-electron chi connectivity index (χ2n) is 9.28. The van der Waals surface area contributed by atoms with Gasteiger partial charge in [0.1, 0.15) is 15.8 Å². The molecule has 0 saturated heterocycles. The van der Waals surface area contributed by atoms with E-state index in [-0.39, 0.29) is 41.8 Å². The smallest absolute Gasteiger partial charge is 0.316 e. The van der Waals surface area contributed by atoms with Gasteiger partial charge in [-0.3, -0.25) is 14.4 Å². The van der Waals surface area contributed by atoms with Crippen LogP contribution in [0.1, 0.15) is 27.4 Å². The highest BCUT2D eigenvalue weighted by Gasteiger charge is 2.67. The van der Waals surface area contributed by atoms with Gasteiger partial charge in [-0.05, 0) is 47.5 Å². The number of ketones is 1. The molecule has 3 aromatic carbocycles. The summed E-state index contributed by atoms with van der Waals surface area (Å²) in [5.74, 6) is -7.47. The van der Waals surface area contributed by atoms with Crippen LogP contribution in [0, 0.1) is 17.6 Å². The second kappa shape index (κ2) is 12.4. The van der Waals surface area contributed by atoms with Crippen LogP contribution < -0.4 is 10.2 Å². The van der Waals surface area contributed by atoms with Gasteiger partial charge in [0.05, 0.1) is 26.0 Å². The molecule has 1 N–H and O–H groups in total. The van der Waals surface area contributed by atoms with Crippen molar-refractivity contribution in [2.75, 3.05) is 17.3 Å². The van der Waals surface area contributed by atoms with Gasteiger partial charge in [0, 0.05) is 30.6 Å². The summed E-state index contributed by atoms with van der Waals surface area (Å²) in [5, 5.41) is 2.97. The number of anilines is 2. The first kappa shape index (κ1) is 32.6. The molecular formula is C27H16Cl6F4N2O3. The van der Waals surface area contributed by atoms with Crippen LogP contribution in [0.2, 0.25) is 20.1 Å². The lowest BCUT2D eigenvalue weighted by Crippen LogP contribution is -2.33. The lowest BCUT2D eigenvalue weighted by Gasteiger charge is -2.19. The maximum absolute atomic E-state index is 15.1. The number of hydrogen-bond acceptors (Lipinski definition) is 3. The number of carbonyl (C=O) groups is 3. The first-order chi connectivity index (χ1) is 19.6. The van der Waals surface area contributed by atoms with Gasteiger partial charge in [-0.1, -0.05) is 52.5 Å². The Morgan fingerprint density at radius 1 is 0.952 bits per heavy atom. The molecule has 5 nitrogen and oxygen atoms in total. The van der Waals surface area contributed by atoms with Gasteiger partial charge in [0.2, 0.25) is 5.91 Å². The predicted octanol–water partition coefficient (Wildman–Crippen LogP) is 8.76. The molecule has 1 fully saturated rings. The monoisotopic (exact) mass is 702 g/mol. The predicted molar refractivity (Wildman–Crippen MR) is 156 cm³/mol. The van der Waals surface area contributed by atoms with E-state index in [1.165, 1.54) is 30.3 Å². The van der Waals surface area contributed by atoms with Gasteiger partial charge in [-0.25, -0.2) is 8.78 Å². The number of alkyl halides is 4. The normalized spacial score (nSPS) is 17.2. The number of amides is 2. The maximum atomic E-state index is 15.1. The van der Waals surface area contributed by atoms with Crippen LogP contribution in [0.25, 0.3) is 0 Å². The number of benzene rings is 3. The van der Waals surface area contributed by atoms with Gasteiger partial charge in [0.25, 0.3) is 5.91 Å². The fourth-order valence-corrected chi connectivity index (χ4v) is 6.07. The highest BCUT2D eigenvalue weighted by Crippen LogP contribution is 2.65. The number of nitrogens with zero attached hydrogens (tertiary/aromatic N) is 1. The fourth-order valence-electron chi connectivity index (χ4n) is 4.41. The van der Waals surface area contributed by atoms with Gasteiger partial charge in [-0.2, -0.15) is 8.78 Å². The van der Waals surface area contributed by atoms with Crippen LogP contribution in [-0.4, -0.2) is 35.4 Å². The maximum Gasteiger partial charge on any atom is 0.316 e. The molecule has 0 unspecified atom stereocenters. The Kier molecular flexibility index (Phi) is 9.62. The third kappa shape index (κ3) is 6.32. The topological polar surface area (TPSA) is 66.5 Å². The first-order valence-electron chi connectivity index (χ1n) is 11.7. The molecule has 222 valence electrons. The van der Waals surface area contributed by atoms with E-state index in [2.05, 4.69) is 5.32 Å². The van der Waals surface area contributed by atoms with E-state index in [0.29, 0.717) is 5.56 Å². The van der Waals surface area contributed by atoms with Crippen molar-refractivity contribution in [2.45, 2.75) is 23.1 Å². The number of nitrogens with one attached hydrogen (secondary N) is 1. The fraction of sp³-hybridized carbons (Fsp3) is 0.222. The zero-order valence-electron chi connectivity index (χ0n) is 20.9. The van der Waals surface area contributed by atoms with E-state index in [0.717, 1.165) is 19.2 Å². The largest absolute Gasteiger partial charge is 0.326 e. The Morgan fingerprint density at radius 2 is 1.57 bits per heavy atom. The van der Waals surface area contributed by atoms with Crippen molar-refractivity contribution in [2.24, 2.45) is 5.92 Å². The van der Waals surface area contributed by atoms with Crippen molar-refractivity contribution in [1.29, 1.82) is 0 Å². The van der Waals surface area contributed by atoms with E-state index < -0.39 is 63.9 Å².